The number of fused-ring (bicyclic) bond motifs is 1. The van der Waals surface area contributed by atoms with Crippen LogP contribution in [0.5, 0.6) is 17.2 Å². The smallest absolute Gasteiger partial charge is 0.231 e. The maximum absolute atomic E-state index is 14.1. The molecule has 3 rings (SSSR count). The van der Waals surface area contributed by atoms with Gasteiger partial charge in [-0.2, -0.15) is 0 Å². The fourth-order valence-corrected chi connectivity index (χ4v) is 2.44. The third kappa shape index (κ3) is 2.99. The highest BCUT2D eigenvalue weighted by atomic mass is 19.1. The summed E-state index contributed by atoms with van der Waals surface area (Å²) in [5, 5.41) is 3.07. The van der Waals surface area contributed by atoms with Crippen molar-refractivity contribution < 1.29 is 18.6 Å². The van der Waals surface area contributed by atoms with Gasteiger partial charge in [-0.3, -0.25) is 0 Å². The Morgan fingerprint density at radius 3 is 2.86 bits per heavy atom. The molecule has 0 amide bonds. The molecule has 0 saturated carbocycles. The maximum atomic E-state index is 14.1. The quantitative estimate of drug-likeness (QED) is 0.889. The van der Waals surface area contributed by atoms with Crippen LogP contribution in [-0.2, 0) is 0 Å². The van der Waals surface area contributed by atoms with Gasteiger partial charge in [0.1, 0.15) is 11.9 Å². The van der Waals surface area contributed by atoms with Crippen molar-refractivity contribution in [3.63, 3.8) is 0 Å². The molecular formula is C17H18FNO3. The van der Waals surface area contributed by atoms with Gasteiger partial charge in [0.2, 0.25) is 12.5 Å². The van der Waals surface area contributed by atoms with Gasteiger partial charge in [0, 0.05) is 12.0 Å². The minimum absolute atomic E-state index is 0.177. The van der Waals surface area contributed by atoms with Gasteiger partial charge >= 0.3 is 0 Å². The summed E-state index contributed by atoms with van der Waals surface area (Å²) in [4.78, 5) is 0. The third-order valence-electron chi connectivity index (χ3n) is 3.54. The zero-order valence-corrected chi connectivity index (χ0v) is 12.3. The average molecular weight is 303 g/mol. The molecule has 1 N–H and O–H groups in total. The summed E-state index contributed by atoms with van der Waals surface area (Å²) in [6.07, 6.45) is 0.242. The number of rotatable bonds is 6. The summed E-state index contributed by atoms with van der Waals surface area (Å²) in [5.74, 6) is 1.53. The van der Waals surface area contributed by atoms with E-state index in [0.717, 1.165) is 0 Å². The monoisotopic (exact) mass is 303 g/mol. The predicted molar refractivity (Wildman–Crippen MR) is 80.9 cm³/mol. The number of para-hydroxylation sites is 1. The van der Waals surface area contributed by atoms with E-state index in [1.165, 1.54) is 6.07 Å². The second-order valence-corrected chi connectivity index (χ2v) is 5.01. The average Bonchev–Trinajstić information content (AvgIpc) is 3.01. The van der Waals surface area contributed by atoms with Gasteiger partial charge in [-0.05, 0) is 31.8 Å². The normalized spacial score (nSPS) is 13.9. The molecule has 0 bridgehead atoms. The molecule has 0 aromatic heterocycles. The van der Waals surface area contributed by atoms with Crippen molar-refractivity contribution in [3.05, 3.63) is 53.8 Å². The van der Waals surface area contributed by atoms with Crippen molar-refractivity contribution in [3.8, 4) is 17.2 Å². The molecule has 0 radical (unpaired) electrons. The molecule has 4 nitrogen and oxygen atoms in total. The fraction of sp³-hybridized carbons (Fsp3) is 0.294. The Labute approximate surface area is 128 Å². The van der Waals surface area contributed by atoms with Gasteiger partial charge in [0.05, 0.1) is 0 Å². The molecule has 1 unspecified atom stereocenters. The summed E-state index contributed by atoms with van der Waals surface area (Å²) < 4.78 is 30.9. The largest absolute Gasteiger partial charge is 0.482 e. The van der Waals surface area contributed by atoms with Gasteiger partial charge in [-0.25, -0.2) is 4.39 Å². The Bertz CT molecular complexity index is 648. The van der Waals surface area contributed by atoms with E-state index in [-0.39, 0.29) is 12.6 Å². The summed E-state index contributed by atoms with van der Waals surface area (Å²) in [5.41, 5.74) is 0.536. The molecule has 1 atom stereocenters. The van der Waals surface area contributed by atoms with Crippen LogP contribution in [0.15, 0.2) is 42.5 Å². The van der Waals surface area contributed by atoms with Crippen LogP contribution in [0.2, 0.25) is 0 Å². The summed E-state index contributed by atoms with van der Waals surface area (Å²) in [6.45, 7) is 0.891. The molecule has 22 heavy (non-hydrogen) atoms. The lowest BCUT2D eigenvalue weighted by Gasteiger charge is -2.21. The lowest BCUT2D eigenvalue weighted by Crippen LogP contribution is -2.17. The molecule has 2 aromatic rings. The number of halogens is 1. The summed E-state index contributed by atoms with van der Waals surface area (Å²) in [7, 11) is 1.86. The highest BCUT2D eigenvalue weighted by Gasteiger charge is 2.23. The third-order valence-corrected chi connectivity index (χ3v) is 3.54. The van der Waals surface area contributed by atoms with Gasteiger partial charge in [0.25, 0.3) is 0 Å². The second kappa shape index (κ2) is 6.66. The Kier molecular flexibility index (Phi) is 4.44. The fourth-order valence-electron chi connectivity index (χ4n) is 2.44. The molecule has 0 fully saturated rings. The lowest BCUT2D eigenvalue weighted by molar-refractivity contribution is 0.156. The van der Waals surface area contributed by atoms with Crippen LogP contribution in [-0.4, -0.2) is 20.4 Å². The Hall–Kier alpha value is -2.27. The number of nitrogens with one attached hydrogen (secondary N) is 1. The standard InChI is InChI=1S/C17H18FNO3/c1-19-10-9-14(12-5-2-3-6-13(12)18)22-16-8-4-7-15-17(16)21-11-20-15/h2-8,14,19H,9-11H2,1H3. The molecule has 1 aliphatic rings. The van der Waals surface area contributed by atoms with E-state index in [2.05, 4.69) is 5.32 Å². The van der Waals surface area contributed by atoms with Gasteiger partial charge in [-0.1, -0.05) is 24.3 Å². The first-order valence-corrected chi connectivity index (χ1v) is 7.24. The molecule has 2 aromatic carbocycles. The van der Waals surface area contributed by atoms with Gasteiger partial charge < -0.3 is 19.5 Å². The van der Waals surface area contributed by atoms with E-state index >= 15 is 0 Å². The van der Waals surface area contributed by atoms with E-state index < -0.39 is 6.10 Å². The zero-order valence-electron chi connectivity index (χ0n) is 12.3. The van der Waals surface area contributed by atoms with Gasteiger partial charge in [-0.15, -0.1) is 0 Å². The summed E-state index contributed by atoms with van der Waals surface area (Å²) in [6, 6.07) is 12.1. The number of hydrogen-bond donors (Lipinski definition) is 1. The van der Waals surface area contributed by atoms with E-state index in [0.29, 0.717) is 35.8 Å². The van der Waals surface area contributed by atoms with Crippen molar-refractivity contribution in [2.45, 2.75) is 12.5 Å². The SMILES string of the molecule is CNCCC(Oc1cccc2c1OCO2)c1ccccc1F. The van der Waals surface area contributed by atoms with Crippen molar-refractivity contribution in [2.24, 2.45) is 0 Å². The Morgan fingerprint density at radius 1 is 1.18 bits per heavy atom. The van der Waals surface area contributed by atoms with E-state index in [9.17, 15) is 4.39 Å². The van der Waals surface area contributed by atoms with Crippen molar-refractivity contribution in [1.29, 1.82) is 0 Å². The Balaban J connectivity index is 1.88. The molecular weight excluding hydrogens is 285 g/mol. The van der Waals surface area contributed by atoms with Crippen molar-refractivity contribution in [1.82, 2.24) is 5.32 Å². The first kappa shape index (κ1) is 14.7. The molecule has 5 heteroatoms. The first-order chi connectivity index (χ1) is 10.8. The first-order valence-electron chi connectivity index (χ1n) is 7.24. The Morgan fingerprint density at radius 2 is 2.05 bits per heavy atom. The minimum Gasteiger partial charge on any atom is -0.482 e. The molecule has 0 spiro atoms. The van der Waals surface area contributed by atoms with Crippen molar-refractivity contribution in [2.75, 3.05) is 20.4 Å². The van der Waals surface area contributed by atoms with Crippen LogP contribution >= 0.6 is 0 Å². The van der Waals surface area contributed by atoms with Crippen LogP contribution in [0.3, 0.4) is 0 Å². The van der Waals surface area contributed by atoms with Crippen molar-refractivity contribution >= 4 is 0 Å². The minimum atomic E-state index is -0.399. The zero-order chi connectivity index (χ0) is 15.4. The number of hydrogen-bond acceptors (Lipinski definition) is 4. The molecule has 1 aliphatic heterocycles. The number of ether oxygens (including phenoxy) is 3. The highest BCUT2D eigenvalue weighted by molar-refractivity contribution is 5.52. The maximum Gasteiger partial charge on any atom is 0.231 e. The van der Waals surface area contributed by atoms with Crippen LogP contribution in [0.25, 0.3) is 0 Å². The topological polar surface area (TPSA) is 39.7 Å². The van der Waals surface area contributed by atoms with Crippen LogP contribution < -0.4 is 19.5 Å². The van der Waals surface area contributed by atoms with Crippen LogP contribution in [0, 0.1) is 5.82 Å². The molecule has 1 heterocycles. The highest BCUT2D eigenvalue weighted by Crippen LogP contribution is 2.42. The van der Waals surface area contributed by atoms with E-state index in [1.54, 1.807) is 18.2 Å². The lowest BCUT2D eigenvalue weighted by atomic mass is 10.1. The summed E-state index contributed by atoms with van der Waals surface area (Å²) >= 11 is 0. The predicted octanol–water partition coefficient (Wildman–Crippen LogP) is 3.28. The second-order valence-electron chi connectivity index (χ2n) is 5.01. The molecule has 116 valence electrons. The number of benzene rings is 2. The van der Waals surface area contributed by atoms with Crippen LogP contribution in [0.4, 0.5) is 4.39 Å². The molecule has 0 aliphatic carbocycles. The van der Waals surface area contributed by atoms with Crippen LogP contribution in [0.1, 0.15) is 18.1 Å². The molecule has 0 saturated heterocycles. The van der Waals surface area contributed by atoms with E-state index in [1.807, 2.05) is 25.2 Å². The van der Waals surface area contributed by atoms with Gasteiger partial charge in [0.15, 0.2) is 11.5 Å². The van der Waals surface area contributed by atoms with E-state index in [4.69, 9.17) is 14.2 Å².